The summed E-state index contributed by atoms with van der Waals surface area (Å²) >= 11 is 0. The van der Waals surface area contributed by atoms with Gasteiger partial charge in [-0.2, -0.15) is 18.3 Å². The zero-order chi connectivity index (χ0) is 15.5. The molecule has 0 saturated carbocycles. The molecule has 0 saturated heterocycles. The van der Waals surface area contributed by atoms with Crippen molar-refractivity contribution in [1.82, 2.24) is 9.78 Å². The van der Waals surface area contributed by atoms with E-state index in [1.54, 1.807) is 0 Å². The number of hydrogen-bond donors (Lipinski definition) is 1. The van der Waals surface area contributed by atoms with Gasteiger partial charge in [-0.15, -0.1) is 0 Å². The lowest BCUT2D eigenvalue weighted by Gasteiger charge is -2.08. The molecule has 112 valence electrons. The predicted octanol–water partition coefficient (Wildman–Crippen LogP) is 2.23. The lowest BCUT2D eigenvalue weighted by molar-refractivity contribution is -0.146. The van der Waals surface area contributed by atoms with Crippen LogP contribution in [0.5, 0.6) is 0 Å². The summed E-state index contributed by atoms with van der Waals surface area (Å²) in [6.45, 7) is -0.217. The van der Waals surface area contributed by atoms with Crippen LogP contribution >= 0.6 is 0 Å². The van der Waals surface area contributed by atoms with Crippen LogP contribution in [0.15, 0.2) is 36.5 Å². The molecule has 0 fully saturated rings. The number of anilines is 1. The van der Waals surface area contributed by atoms with Crippen molar-refractivity contribution in [3.05, 3.63) is 47.7 Å². The molecule has 1 aromatic carbocycles. The molecule has 0 spiro atoms. The second kappa shape index (κ2) is 5.86. The highest BCUT2D eigenvalue weighted by Crippen LogP contribution is 2.29. The molecule has 1 heterocycles. The van der Waals surface area contributed by atoms with Gasteiger partial charge in [-0.3, -0.25) is 9.48 Å². The summed E-state index contributed by atoms with van der Waals surface area (Å²) < 4.78 is 43.4. The normalized spacial score (nSPS) is 11.4. The summed E-state index contributed by atoms with van der Waals surface area (Å²) in [6.07, 6.45) is -2.86. The van der Waals surface area contributed by atoms with Crippen LogP contribution in [0.4, 0.5) is 19.0 Å². The fourth-order valence-electron chi connectivity index (χ4n) is 1.60. The first-order valence-electron chi connectivity index (χ1n) is 5.95. The maximum absolute atomic E-state index is 12.4. The molecule has 21 heavy (non-hydrogen) atoms. The Hall–Kier alpha value is -2.51. The van der Waals surface area contributed by atoms with Crippen molar-refractivity contribution in [3.63, 3.8) is 0 Å². The standard InChI is InChI=1S/C13H12F3N3O2/c14-13(15,16)10-3-1-9(2-4-10)8-21-12(20)7-19-6-5-11(17)18-19/h1-6H,7-8H2,(H2,17,18). The smallest absolute Gasteiger partial charge is 0.416 e. The number of hydrogen-bond acceptors (Lipinski definition) is 4. The van der Waals surface area contributed by atoms with Gasteiger partial charge in [-0.25, -0.2) is 0 Å². The Balaban J connectivity index is 1.86. The van der Waals surface area contributed by atoms with E-state index in [4.69, 9.17) is 10.5 Å². The quantitative estimate of drug-likeness (QED) is 0.879. The Morgan fingerprint density at radius 1 is 1.24 bits per heavy atom. The van der Waals surface area contributed by atoms with Crippen molar-refractivity contribution >= 4 is 11.8 Å². The Bertz CT molecular complexity index is 620. The molecule has 1 aromatic heterocycles. The van der Waals surface area contributed by atoms with Gasteiger partial charge in [-0.05, 0) is 23.8 Å². The van der Waals surface area contributed by atoms with Crippen molar-refractivity contribution in [2.45, 2.75) is 19.3 Å². The Labute approximate surface area is 118 Å². The molecule has 5 nitrogen and oxygen atoms in total. The number of halogens is 3. The Morgan fingerprint density at radius 2 is 1.90 bits per heavy atom. The number of nitrogen functional groups attached to an aromatic ring is 1. The number of carbonyl (C=O) groups excluding carboxylic acids is 1. The first-order valence-corrected chi connectivity index (χ1v) is 5.95. The molecule has 2 aromatic rings. The van der Waals surface area contributed by atoms with Crippen molar-refractivity contribution in [2.24, 2.45) is 0 Å². The van der Waals surface area contributed by atoms with Gasteiger partial charge >= 0.3 is 12.1 Å². The summed E-state index contributed by atoms with van der Waals surface area (Å²) in [5.41, 5.74) is 5.12. The topological polar surface area (TPSA) is 70.1 Å². The number of nitrogens with zero attached hydrogens (tertiary/aromatic N) is 2. The first-order chi connectivity index (χ1) is 9.84. The number of ether oxygens (including phenoxy) is 1. The summed E-state index contributed by atoms with van der Waals surface area (Å²) in [5, 5.41) is 3.81. The third-order valence-corrected chi connectivity index (χ3v) is 2.63. The average Bonchev–Trinajstić information content (AvgIpc) is 2.81. The number of nitrogens with two attached hydrogens (primary N) is 1. The van der Waals surface area contributed by atoms with E-state index in [0.717, 1.165) is 12.1 Å². The van der Waals surface area contributed by atoms with E-state index in [1.165, 1.54) is 29.1 Å². The number of carbonyl (C=O) groups is 1. The van der Waals surface area contributed by atoms with E-state index in [2.05, 4.69) is 5.10 Å². The fourth-order valence-corrected chi connectivity index (χ4v) is 1.60. The number of esters is 1. The highest BCUT2D eigenvalue weighted by atomic mass is 19.4. The summed E-state index contributed by atoms with van der Waals surface area (Å²) in [4.78, 5) is 11.5. The molecule has 0 radical (unpaired) electrons. The molecule has 2 rings (SSSR count). The first kappa shape index (κ1) is 14.9. The Morgan fingerprint density at radius 3 is 2.43 bits per heavy atom. The van der Waals surface area contributed by atoms with Crippen LogP contribution in [0.25, 0.3) is 0 Å². The molecule has 0 atom stereocenters. The Kier molecular flexibility index (Phi) is 4.15. The molecular formula is C13H12F3N3O2. The van der Waals surface area contributed by atoms with Gasteiger partial charge in [-0.1, -0.05) is 12.1 Å². The minimum Gasteiger partial charge on any atom is -0.459 e. The zero-order valence-corrected chi connectivity index (χ0v) is 10.8. The third-order valence-electron chi connectivity index (χ3n) is 2.63. The third kappa shape index (κ3) is 4.23. The molecule has 0 aliphatic heterocycles. The van der Waals surface area contributed by atoms with Crippen LogP contribution in [0.1, 0.15) is 11.1 Å². The van der Waals surface area contributed by atoms with Gasteiger partial charge in [0.25, 0.3) is 0 Å². The zero-order valence-electron chi connectivity index (χ0n) is 10.8. The average molecular weight is 299 g/mol. The molecule has 8 heteroatoms. The number of rotatable bonds is 4. The molecule has 0 amide bonds. The van der Waals surface area contributed by atoms with E-state index in [9.17, 15) is 18.0 Å². The number of alkyl halides is 3. The van der Waals surface area contributed by atoms with Crippen LogP contribution in [-0.4, -0.2) is 15.7 Å². The lowest BCUT2D eigenvalue weighted by atomic mass is 10.1. The number of benzene rings is 1. The number of aromatic nitrogens is 2. The van der Waals surface area contributed by atoms with Crippen LogP contribution in [0.2, 0.25) is 0 Å². The van der Waals surface area contributed by atoms with Crippen LogP contribution in [0, 0.1) is 0 Å². The van der Waals surface area contributed by atoms with Crippen LogP contribution in [-0.2, 0) is 28.9 Å². The van der Waals surface area contributed by atoms with E-state index >= 15 is 0 Å². The van der Waals surface area contributed by atoms with Gasteiger partial charge < -0.3 is 10.5 Å². The summed E-state index contributed by atoms with van der Waals surface area (Å²) in [6, 6.07) is 5.95. The minimum atomic E-state index is -4.38. The van der Waals surface area contributed by atoms with Crippen LogP contribution in [0.3, 0.4) is 0 Å². The lowest BCUT2D eigenvalue weighted by Crippen LogP contribution is -2.14. The summed E-state index contributed by atoms with van der Waals surface area (Å²) in [5.74, 6) is -0.275. The van der Waals surface area contributed by atoms with Crippen molar-refractivity contribution in [2.75, 3.05) is 5.73 Å². The van der Waals surface area contributed by atoms with Crippen molar-refractivity contribution in [3.8, 4) is 0 Å². The van der Waals surface area contributed by atoms with Gasteiger partial charge in [0.05, 0.1) is 5.56 Å². The molecule has 2 N–H and O–H groups in total. The van der Waals surface area contributed by atoms with Crippen molar-refractivity contribution < 1.29 is 22.7 Å². The van der Waals surface area contributed by atoms with E-state index in [-0.39, 0.29) is 19.0 Å². The van der Waals surface area contributed by atoms with Gasteiger partial charge in [0, 0.05) is 6.20 Å². The van der Waals surface area contributed by atoms with E-state index in [0.29, 0.717) is 5.56 Å². The molecule has 0 unspecified atom stereocenters. The van der Waals surface area contributed by atoms with E-state index in [1.807, 2.05) is 0 Å². The predicted molar refractivity (Wildman–Crippen MR) is 67.9 cm³/mol. The second-order valence-electron chi connectivity index (χ2n) is 4.29. The molecule has 0 aliphatic carbocycles. The summed E-state index contributed by atoms with van der Waals surface area (Å²) in [7, 11) is 0. The van der Waals surface area contributed by atoms with Gasteiger partial charge in [0.2, 0.25) is 0 Å². The second-order valence-corrected chi connectivity index (χ2v) is 4.29. The minimum absolute atomic E-state index is 0.103. The highest BCUT2D eigenvalue weighted by Gasteiger charge is 2.29. The maximum Gasteiger partial charge on any atom is 0.416 e. The largest absolute Gasteiger partial charge is 0.459 e. The van der Waals surface area contributed by atoms with Gasteiger partial charge in [0.15, 0.2) is 0 Å². The monoisotopic (exact) mass is 299 g/mol. The van der Waals surface area contributed by atoms with Crippen LogP contribution < -0.4 is 5.73 Å². The SMILES string of the molecule is Nc1ccn(CC(=O)OCc2ccc(C(F)(F)F)cc2)n1. The van der Waals surface area contributed by atoms with E-state index < -0.39 is 17.7 Å². The fraction of sp³-hybridized carbons (Fsp3) is 0.231. The molecule has 0 bridgehead atoms. The van der Waals surface area contributed by atoms with Crippen molar-refractivity contribution in [1.29, 1.82) is 0 Å². The molecule has 0 aliphatic rings. The highest BCUT2D eigenvalue weighted by molar-refractivity contribution is 5.69. The van der Waals surface area contributed by atoms with Gasteiger partial charge in [0.1, 0.15) is 19.0 Å². The molecular weight excluding hydrogens is 287 g/mol. The maximum atomic E-state index is 12.4.